The van der Waals surface area contributed by atoms with Crippen LogP contribution in [0.4, 0.5) is 5.69 Å². The van der Waals surface area contributed by atoms with E-state index in [9.17, 15) is 4.79 Å². The fourth-order valence-corrected chi connectivity index (χ4v) is 2.39. The van der Waals surface area contributed by atoms with Gasteiger partial charge in [0.2, 0.25) is 5.91 Å². The Labute approximate surface area is 152 Å². The number of carbonyl (C=O) groups excluding carboxylic acids is 1. The van der Waals surface area contributed by atoms with Crippen LogP contribution in [0.5, 0.6) is 0 Å². The number of hydrogen-bond acceptors (Lipinski definition) is 5. The molecule has 0 radical (unpaired) electrons. The summed E-state index contributed by atoms with van der Waals surface area (Å²) in [6, 6.07) is 9.75. The maximum Gasteiger partial charge on any atom is 0.224 e. The van der Waals surface area contributed by atoms with Crippen LogP contribution >= 0.6 is 0 Å². The van der Waals surface area contributed by atoms with Gasteiger partial charge in [-0.1, -0.05) is 51.1 Å². The number of nitrogens with zero attached hydrogens (tertiary/aromatic N) is 3. The van der Waals surface area contributed by atoms with E-state index in [4.69, 9.17) is 4.42 Å². The lowest BCUT2D eigenvalue weighted by Gasteiger charge is -2.16. The fourth-order valence-electron chi connectivity index (χ4n) is 2.39. The lowest BCUT2D eigenvalue weighted by atomic mass is 9.96. The first-order valence-electron chi connectivity index (χ1n) is 8.54. The molecule has 0 aliphatic rings. The average Bonchev–Trinajstić information content (AvgIpc) is 3.09. The van der Waals surface area contributed by atoms with Crippen LogP contribution in [-0.4, -0.2) is 20.9 Å². The molecular weight excluding hydrogens is 328 g/mol. The van der Waals surface area contributed by atoms with E-state index in [-0.39, 0.29) is 17.7 Å². The molecule has 0 saturated heterocycles. The summed E-state index contributed by atoms with van der Waals surface area (Å²) in [4.78, 5) is 25.0. The van der Waals surface area contributed by atoms with Crippen LogP contribution in [0.25, 0.3) is 11.3 Å². The second kappa shape index (κ2) is 7.47. The second-order valence-corrected chi connectivity index (χ2v) is 7.08. The Bertz CT molecular complexity index is 865. The van der Waals surface area contributed by atoms with E-state index < -0.39 is 0 Å². The fraction of sp³-hybridized carbons (Fsp3) is 0.300. The highest BCUT2D eigenvalue weighted by atomic mass is 16.4. The first-order valence-corrected chi connectivity index (χ1v) is 8.54. The minimum Gasteiger partial charge on any atom is -0.441 e. The monoisotopic (exact) mass is 350 g/mol. The van der Waals surface area contributed by atoms with Crippen LogP contribution in [0, 0.1) is 0 Å². The Morgan fingerprint density at radius 1 is 1.04 bits per heavy atom. The zero-order chi connectivity index (χ0) is 18.6. The molecule has 6 nitrogen and oxygen atoms in total. The molecule has 26 heavy (non-hydrogen) atoms. The molecule has 0 saturated carbocycles. The Hall–Kier alpha value is -3.02. The summed E-state index contributed by atoms with van der Waals surface area (Å²) in [7, 11) is 0. The van der Waals surface area contributed by atoms with Crippen molar-refractivity contribution in [2.45, 2.75) is 39.0 Å². The molecule has 3 aromatic rings. The normalized spacial score (nSPS) is 11.3. The molecule has 0 fully saturated rings. The van der Waals surface area contributed by atoms with Crippen molar-refractivity contribution in [2.75, 3.05) is 5.32 Å². The molecular formula is C20H22N4O2. The number of nitrogens with one attached hydrogen (secondary N) is 1. The number of anilines is 1. The number of aryl methyl sites for hydroxylation is 1. The number of rotatable bonds is 5. The van der Waals surface area contributed by atoms with E-state index in [2.05, 4.69) is 20.3 Å². The lowest BCUT2D eigenvalue weighted by molar-refractivity contribution is -0.116. The molecule has 2 heterocycles. The lowest BCUT2D eigenvalue weighted by Crippen LogP contribution is -2.17. The summed E-state index contributed by atoms with van der Waals surface area (Å²) in [5, 5.41) is 2.80. The summed E-state index contributed by atoms with van der Waals surface area (Å²) in [6.45, 7) is 6.13. The van der Waals surface area contributed by atoms with Gasteiger partial charge < -0.3 is 9.73 Å². The van der Waals surface area contributed by atoms with Crippen LogP contribution < -0.4 is 5.32 Å². The highest BCUT2D eigenvalue weighted by Gasteiger charge is 2.17. The van der Waals surface area contributed by atoms with Crippen LogP contribution in [0.15, 0.2) is 53.3 Å². The van der Waals surface area contributed by atoms with Gasteiger partial charge in [0.05, 0.1) is 24.3 Å². The smallest absolute Gasteiger partial charge is 0.224 e. The summed E-state index contributed by atoms with van der Waals surface area (Å²) in [6.07, 6.45) is 5.64. The Balaban J connectivity index is 1.54. The molecule has 0 aliphatic carbocycles. The largest absolute Gasteiger partial charge is 0.441 e. The van der Waals surface area contributed by atoms with E-state index in [1.807, 2.05) is 51.1 Å². The van der Waals surface area contributed by atoms with Crippen molar-refractivity contribution < 1.29 is 9.21 Å². The summed E-state index contributed by atoms with van der Waals surface area (Å²) in [5.41, 5.74) is 1.43. The van der Waals surface area contributed by atoms with Gasteiger partial charge in [-0.25, -0.2) is 15.0 Å². The zero-order valence-corrected chi connectivity index (χ0v) is 15.2. The first-order chi connectivity index (χ1) is 12.4. The third-order valence-electron chi connectivity index (χ3n) is 3.78. The van der Waals surface area contributed by atoms with Gasteiger partial charge in [0.25, 0.3) is 0 Å². The molecule has 2 aromatic heterocycles. The van der Waals surface area contributed by atoms with Gasteiger partial charge >= 0.3 is 0 Å². The number of amides is 1. The molecule has 6 heteroatoms. The molecule has 0 bridgehead atoms. The minimum absolute atomic E-state index is 0.121. The van der Waals surface area contributed by atoms with Crippen molar-refractivity contribution in [1.29, 1.82) is 0 Å². The Morgan fingerprint density at radius 3 is 2.38 bits per heavy atom. The van der Waals surface area contributed by atoms with Gasteiger partial charge in [0.1, 0.15) is 5.82 Å². The topological polar surface area (TPSA) is 80.9 Å². The SMILES string of the molecule is CC(C)(C)c1ncc(NC(=O)CCc2ncc(-c3ccccc3)o2)cn1. The highest BCUT2D eigenvalue weighted by Crippen LogP contribution is 2.21. The van der Waals surface area contributed by atoms with Gasteiger partial charge in [-0.15, -0.1) is 0 Å². The summed E-state index contributed by atoms with van der Waals surface area (Å²) < 4.78 is 5.71. The molecule has 1 amide bonds. The predicted molar refractivity (Wildman–Crippen MR) is 99.6 cm³/mol. The first kappa shape index (κ1) is 17.8. The third-order valence-corrected chi connectivity index (χ3v) is 3.78. The van der Waals surface area contributed by atoms with E-state index in [0.29, 0.717) is 23.8 Å². The summed E-state index contributed by atoms with van der Waals surface area (Å²) >= 11 is 0. The van der Waals surface area contributed by atoms with Gasteiger partial charge in [-0.2, -0.15) is 0 Å². The summed E-state index contributed by atoms with van der Waals surface area (Å²) in [5.74, 6) is 1.85. The molecule has 0 aliphatic heterocycles. The molecule has 0 unspecified atom stereocenters. The molecule has 0 spiro atoms. The van der Waals surface area contributed by atoms with Crippen LogP contribution in [0.1, 0.15) is 38.9 Å². The van der Waals surface area contributed by atoms with Crippen molar-refractivity contribution in [2.24, 2.45) is 0 Å². The Kier molecular flexibility index (Phi) is 5.11. The van der Waals surface area contributed by atoms with Crippen LogP contribution in [0.3, 0.4) is 0 Å². The number of oxazole rings is 1. The number of benzene rings is 1. The van der Waals surface area contributed by atoms with Crippen molar-refractivity contribution in [3.8, 4) is 11.3 Å². The predicted octanol–water partition coefficient (Wildman–Crippen LogP) is 4.00. The third kappa shape index (κ3) is 4.53. The maximum atomic E-state index is 12.1. The minimum atomic E-state index is -0.128. The van der Waals surface area contributed by atoms with Crippen molar-refractivity contribution in [1.82, 2.24) is 15.0 Å². The zero-order valence-electron chi connectivity index (χ0n) is 15.2. The second-order valence-electron chi connectivity index (χ2n) is 7.08. The molecule has 1 N–H and O–H groups in total. The number of aromatic nitrogens is 3. The van der Waals surface area contributed by atoms with E-state index in [0.717, 1.165) is 11.4 Å². The van der Waals surface area contributed by atoms with Crippen molar-refractivity contribution in [3.05, 3.63) is 60.6 Å². The van der Waals surface area contributed by atoms with Gasteiger partial charge in [-0.3, -0.25) is 4.79 Å². The van der Waals surface area contributed by atoms with Gasteiger partial charge in [0, 0.05) is 23.8 Å². The molecule has 0 atom stereocenters. The molecule has 134 valence electrons. The van der Waals surface area contributed by atoms with E-state index in [1.165, 1.54) is 0 Å². The Morgan fingerprint density at radius 2 is 1.73 bits per heavy atom. The quantitative estimate of drug-likeness (QED) is 0.752. The average molecular weight is 350 g/mol. The van der Waals surface area contributed by atoms with E-state index in [1.54, 1.807) is 18.6 Å². The van der Waals surface area contributed by atoms with Crippen molar-refractivity contribution >= 4 is 11.6 Å². The van der Waals surface area contributed by atoms with Gasteiger partial charge in [0.15, 0.2) is 11.7 Å². The maximum absolute atomic E-state index is 12.1. The van der Waals surface area contributed by atoms with Gasteiger partial charge in [-0.05, 0) is 0 Å². The van der Waals surface area contributed by atoms with Crippen molar-refractivity contribution in [3.63, 3.8) is 0 Å². The molecule has 3 rings (SSSR count). The van der Waals surface area contributed by atoms with E-state index >= 15 is 0 Å². The van der Waals surface area contributed by atoms with Crippen LogP contribution in [-0.2, 0) is 16.6 Å². The number of carbonyl (C=O) groups is 1. The van der Waals surface area contributed by atoms with Crippen LogP contribution in [0.2, 0.25) is 0 Å². The number of hydrogen-bond donors (Lipinski definition) is 1. The standard InChI is InChI=1S/C20H22N4O2/c1-20(2,3)19-22-11-15(12-23-19)24-17(25)9-10-18-21-13-16(26-18)14-7-5-4-6-8-14/h4-8,11-13H,9-10H2,1-3H3,(H,24,25). The molecule has 1 aromatic carbocycles. The highest BCUT2D eigenvalue weighted by molar-refractivity contribution is 5.90.